The van der Waals surface area contributed by atoms with Crippen molar-refractivity contribution in [3.63, 3.8) is 0 Å². The van der Waals surface area contributed by atoms with Crippen LogP contribution in [0.4, 0.5) is 0 Å². The number of hydrogen-bond donors (Lipinski definition) is 0. The number of fused-ring (bicyclic) bond motifs is 1. The van der Waals surface area contributed by atoms with Gasteiger partial charge in [0.1, 0.15) is 5.75 Å². The van der Waals surface area contributed by atoms with E-state index in [-0.39, 0.29) is 6.79 Å². The molecule has 3 aromatic carbocycles. The maximum absolute atomic E-state index is 5.97. The van der Waals surface area contributed by atoms with Crippen molar-refractivity contribution < 1.29 is 28.4 Å². The summed E-state index contributed by atoms with van der Waals surface area (Å²) in [6.07, 6.45) is 2.05. The molecule has 0 radical (unpaired) electrons. The van der Waals surface area contributed by atoms with E-state index in [0.29, 0.717) is 36.2 Å². The van der Waals surface area contributed by atoms with E-state index in [9.17, 15) is 0 Å². The van der Waals surface area contributed by atoms with Gasteiger partial charge in [0.2, 0.25) is 5.75 Å². The first-order chi connectivity index (χ1) is 15.7. The Bertz CT molecular complexity index is 1050. The standard InChI is InChI=1S/C26H30O6/c1-6-31-14-13-21(19-15-23(28-3)26(30-5)24(16-19)29-4)25-20-10-8-7-9-18(20)11-12-22(25)32-17-27-2/h7-13,15-16H,6,14,17H2,1-5H3/b21-13-. The molecule has 6 nitrogen and oxygen atoms in total. The first-order valence-electron chi connectivity index (χ1n) is 10.4. The minimum absolute atomic E-state index is 0.138. The minimum Gasteiger partial charge on any atom is -0.493 e. The van der Waals surface area contributed by atoms with Crippen molar-refractivity contribution >= 4 is 16.3 Å². The van der Waals surface area contributed by atoms with Crippen molar-refractivity contribution in [1.82, 2.24) is 0 Å². The molecule has 3 rings (SSSR count). The molecule has 0 N–H and O–H groups in total. The lowest BCUT2D eigenvalue weighted by atomic mass is 9.91. The first-order valence-corrected chi connectivity index (χ1v) is 10.4. The van der Waals surface area contributed by atoms with E-state index in [0.717, 1.165) is 27.5 Å². The molecule has 0 saturated heterocycles. The van der Waals surface area contributed by atoms with E-state index in [4.69, 9.17) is 28.4 Å². The van der Waals surface area contributed by atoms with Crippen molar-refractivity contribution in [3.8, 4) is 23.0 Å². The Kier molecular flexibility index (Phi) is 8.36. The summed E-state index contributed by atoms with van der Waals surface area (Å²) in [4.78, 5) is 0. The molecule has 0 aliphatic carbocycles. The molecule has 0 aliphatic heterocycles. The predicted molar refractivity (Wildman–Crippen MR) is 126 cm³/mol. The van der Waals surface area contributed by atoms with Crippen LogP contribution in [0, 0.1) is 0 Å². The molecule has 0 saturated carbocycles. The molecule has 0 atom stereocenters. The lowest BCUT2D eigenvalue weighted by Crippen LogP contribution is -2.04. The van der Waals surface area contributed by atoms with Crippen LogP contribution in [0.25, 0.3) is 16.3 Å². The van der Waals surface area contributed by atoms with Crippen LogP contribution in [-0.2, 0) is 9.47 Å². The van der Waals surface area contributed by atoms with Gasteiger partial charge < -0.3 is 28.4 Å². The van der Waals surface area contributed by atoms with Crippen LogP contribution in [0.3, 0.4) is 0 Å². The average Bonchev–Trinajstić information content (AvgIpc) is 2.84. The Morgan fingerprint density at radius 1 is 0.844 bits per heavy atom. The maximum atomic E-state index is 5.97. The number of hydrogen-bond acceptors (Lipinski definition) is 6. The predicted octanol–water partition coefficient (Wildman–Crippen LogP) is 5.32. The Morgan fingerprint density at radius 3 is 2.19 bits per heavy atom. The van der Waals surface area contributed by atoms with Gasteiger partial charge in [-0.2, -0.15) is 0 Å². The molecule has 32 heavy (non-hydrogen) atoms. The highest BCUT2D eigenvalue weighted by molar-refractivity contribution is 6.00. The van der Waals surface area contributed by atoms with Crippen molar-refractivity contribution in [2.75, 3.05) is 48.4 Å². The van der Waals surface area contributed by atoms with E-state index >= 15 is 0 Å². The van der Waals surface area contributed by atoms with E-state index in [1.54, 1.807) is 28.4 Å². The van der Waals surface area contributed by atoms with Gasteiger partial charge in [0.25, 0.3) is 0 Å². The zero-order valence-corrected chi connectivity index (χ0v) is 19.3. The van der Waals surface area contributed by atoms with Gasteiger partial charge in [-0.1, -0.05) is 36.4 Å². The quantitative estimate of drug-likeness (QED) is 0.298. The molecule has 0 aliphatic rings. The summed E-state index contributed by atoms with van der Waals surface area (Å²) in [6, 6.07) is 16.1. The van der Waals surface area contributed by atoms with Crippen LogP contribution < -0.4 is 18.9 Å². The Morgan fingerprint density at radius 2 is 1.56 bits per heavy atom. The molecule has 0 aromatic heterocycles. The Balaban J connectivity index is 2.30. The third-order valence-corrected chi connectivity index (χ3v) is 5.08. The van der Waals surface area contributed by atoms with E-state index < -0.39 is 0 Å². The summed E-state index contributed by atoms with van der Waals surface area (Å²) in [5.74, 6) is 2.39. The third-order valence-electron chi connectivity index (χ3n) is 5.08. The summed E-state index contributed by atoms with van der Waals surface area (Å²) in [5.41, 5.74) is 2.76. The van der Waals surface area contributed by atoms with Crippen molar-refractivity contribution in [2.45, 2.75) is 6.92 Å². The summed E-state index contributed by atoms with van der Waals surface area (Å²) in [5, 5.41) is 2.15. The molecule has 3 aromatic rings. The molecule has 0 amide bonds. The summed E-state index contributed by atoms with van der Waals surface area (Å²) in [6.45, 7) is 3.16. The molecule has 0 bridgehead atoms. The van der Waals surface area contributed by atoms with Gasteiger partial charge in [-0.15, -0.1) is 0 Å². The maximum Gasteiger partial charge on any atom is 0.203 e. The van der Waals surface area contributed by atoms with Crippen molar-refractivity contribution in [1.29, 1.82) is 0 Å². The topological polar surface area (TPSA) is 55.4 Å². The highest BCUT2D eigenvalue weighted by atomic mass is 16.7. The lowest BCUT2D eigenvalue weighted by Gasteiger charge is -2.20. The smallest absolute Gasteiger partial charge is 0.203 e. The monoisotopic (exact) mass is 438 g/mol. The highest BCUT2D eigenvalue weighted by Crippen LogP contribution is 2.44. The SMILES string of the molecule is CCOC/C=C(/c1cc(OC)c(OC)c(OC)c1)c1c(OCOC)ccc2ccccc12. The van der Waals surface area contributed by atoms with Gasteiger partial charge in [0, 0.05) is 19.3 Å². The van der Waals surface area contributed by atoms with Crippen molar-refractivity contribution in [2.24, 2.45) is 0 Å². The zero-order chi connectivity index (χ0) is 22.9. The second kappa shape index (κ2) is 11.4. The Labute approximate surface area is 189 Å². The van der Waals surface area contributed by atoms with Gasteiger partial charge in [0.05, 0.1) is 27.9 Å². The second-order valence-electron chi connectivity index (χ2n) is 6.90. The van der Waals surface area contributed by atoms with E-state index in [1.165, 1.54) is 0 Å². The molecule has 0 heterocycles. The van der Waals surface area contributed by atoms with E-state index in [2.05, 4.69) is 12.1 Å². The Hall–Kier alpha value is -3.22. The van der Waals surface area contributed by atoms with Crippen LogP contribution in [0.5, 0.6) is 23.0 Å². The third kappa shape index (κ3) is 4.98. The molecule has 0 unspecified atom stereocenters. The number of methoxy groups -OCH3 is 4. The number of ether oxygens (including phenoxy) is 6. The van der Waals surface area contributed by atoms with Crippen LogP contribution in [-0.4, -0.2) is 48.4 Å². The fourth-order valence-electron chi connectivity index (χ4n) is 3.63. The molecule has 0 fully saturated rings. The van der Waals surface area contributed by atoms with Gasteiger partial charge in [-0.25, -0.2) is 0 Å². The van der Waals surface area contributed by atoms with Crippen molar-refractivity contribution in [3.05, 3.63) is 65.7 Å². The first kappa shape index (κ1) is 23.4. The fourth-order valence-corrected chi connectivity index (χ4v) is 3.63. The van der Waals surface area contributed by atoms with E-state index in [1.807, 2.05) is 49.4 Å². The van der Waals surface area contributed by atoms with Crippen LogP contribution in [0.1, 0.15) is 18.1 Å². The molecule has 6 heteroatoms. The minimum atomic E-state index is 0.138. The number of rotatable bonds is 11. The second-order valence-corrected chi connectivity index (χ2v) is 6.90. The van der Waals surface area contributed by atoms with Gasteiger partial charge >= 0.3 is 0 Å². The van der Waals surface area contributed by atoms with Crippen LogP contribution >= 0.6 is 0 Å². The largest absolute Gasteiger partial charge is 0.493 e. The fraction of sp³-hybridized carbons (Fsp3) is 0.308. The normalized spacial score (nSPS) is 11.5. The lowest BCUT2D eigenvalue weighted by molar-refractivity contribution is 0.0510. The molecular weight excluding hydrogens is 408 g/mol. The molecular formula is C26H30O6. The van der Waals surface area contributed by atoms with Gasteiger partial charge in [0.15, 0.2) is 18.3 Å². The summed E-state index contributed by atoms with van der Waals surface area (Å²) in [7, 11) is 6.41. The molecule has 170 valence electrons. The zero-order valence-electron chi connectivity index (χ0n) is 19.3. The summed E-state index contributed by atoms with van der Waals surface area (Å²) >= 11 is 0. The highest BCUT2D eigenvalue weighted by Gasteiger charge is 2.20. The van der Waals surface area contributed by atoms with Gasteiger partial charge in [-0.3, -0.25) is 0 Å². The number of benzene rings is 3. The molecule has 0 spiro atoms. The summed E-state index contributed by atoms with van der Waals surface area (Å²) < 4.78 is 33.5. The van der Waals surface area contributed by atoms with Gasteiger partial charge in [-0.05, 0) is 47.0 Å². The average molecular weight is 439 g/mol. The van der Waals surface area contributed by atoms with Crippen LogP contribution in [0.2, 0.25) is 0 Å². The van der Waals surface area contributed by atoms with Crippen LogP contribution in [0.15, 0.2) is 54.6 Å².